The van der Waals surface area contributed by atoms with Crippen LogP contribution in [0.2, 0.25) is 0 Å². The molecule has 7 nitrogen and oxygen atoms in total. The van der Waals surface area contributed by atoms with Gasteiger partial charge in [0.1, 0.15) is 9.85 Å². The molecule has 0 rings (SSSR count). The van der Waals surface area contributed by atoms with Crippen LogP contribution in [0.3, 0.4) is 0 Å². The van der Waals surface area contributed by atoms with E-state index in [0.717, 1.165) is 6.07 Å². The van der Waals surface area contributed by atoms with Crippen molar-refractivity contribution in [2.45, 2.75) is 6.17 Å². The van der Waals surface area contributed by atoms with Crippen LogP contribution >= 0.6 is 0 Å². The summed E-state index contributed by atoms with van der Waals surface area (Å²) in [6.45, 7) is 0. The predicted molar refractivity (Wildman–Crippen MR) is 29.1 cm³/mol. The minimum Gasteiger partial charge on any atom is -0.258 e. The first-order valence-corrected chi connectivity index (χ1v) is 1.76. The van der Waals surface area contributed by atoms with Crippen LogP contribution in [0.4, 0.5) is 0 Å². The van der Waals surface area contributed by atoms with Gasteiger partial charge in [0.25, 0.3) is 0 Å². The van der Waals surface area contributed by atoms with Crippen LogP contribution < -0.4 is 0 Å². The predicted octanol–water partition coefficient (Wildman–Crippen LogP) is -0.991. The van der Waals surface area contributed by atoms with Gasteiger partial charge in [0.05, 0.1) is 0 Å². The number of nitro groups is 2. The van der Waals surface area contributed by atoms with E-state index in [1.165, 1.54) is 0 Å². The molecule has 1 radical (unpaired) electrons. The number of rotatable bonds is 2. The summed E-state index contributed by atoms with van der Waals surface area (Å²) < 4.78 is 0. The molecule has 0 heterocycles. The molecule has 0 saturated carbocycles. The van der Waals surface area contributed by atoms with E-state index in [0.29, 0.717) is 0 Å². The van der Waals surface area contributed by atoms with E-state index in [1.54, 1.807) is 0 Å². The average molecular weight is 170 g/mol. The summed E-state index contributed by atoms with van der Waals surface area (Å²) in [6.07, 6.45) is -2.33. The van der Waals surface area contributed by atoms with Crippen molar-refractivity contribution in [3.8, 4) is 6.07 Å². The molecule has 49 valence electrons. The normalized spacial score (nSPS) is 7.60. The van der Waals surface area contributed by atoms with Crippen molar-refractivity contribution in [3.05, 3.63) is 20.2 Å². The fourth-order valence-corrected chi connectivity index (χ4v) is 0.171. The van der Waals surface area contributed by atoms with Crippen LogP contribution in [0.5, 0.6) is 0 Å². The second kappa shape index (κ2) is 5.69. The maximum absolute atomic E-state index is 9.51. The monoisotopic (exact) mass is 170 g/mol. The molecule has 8 heteroatoms. The van der Waals surface area contributed by atoms with Crippen molar-refractivity contribution in [1.29, 1.82) is 5.26 Å². The van der Waals surface area contributed by atoms with Gasteiger partial charge in [0.15, 0.2) is 0 Å². The molecule has 0 aromatic heterocycles. The molecule has 0 saturated heterocycles. The van der Waals surface area contributed by atoms with E-state index < -0.39 is 16.0 Å². The van der Waals surface area contributed by atoms with Gasteiger partial charge in [0, 0.05) is 51.4 Å². The smallest absolute Gasteiger partial charge is 0.258 e. The molecule has 10 heavy (non-hydrogen) atoms. The van der Waals surface area contributed by atoms with Gasteiger partial charge < -0.3 is 0 Å². The summed E-state index contributed by atoms with van der Waals surface area (Å²) in [5.74, 6) is 0. The Balaban J connectivity index is 0. The van der Waals surface area contributed by atoms with Crippen molar-refractivity contribution in [2.75, 3.05) is 0 Å². The molecule has 0 fully saturated rings. The molecule has 0 aliphatic carbocycles. The van der Waals surface area contributed by atoms with Crippen LogP contribution in [0, 0.1) is 31.6 Å². The quantitative estimate of drug-likeness (QED) is 0.228. The first-order chi connectivity index (χ1) is 4.09. The number of hydrogen-bond acceptors (Lipinski definition) is 5. The molecule has 0 spiro atoms. The van der Waals surface area contributed by atoms with Crippen LogP contribution in [-0.2, 0) is 0 Å². The summed E-state index contributed by atoms with van der Waals surface area (Å²) in [5, 5.41) is 26.8. The van der Waals surface area contributed by atoms with Gasteiger partial charge in [-0.25, -0.2) is 0 Å². The van der Waals surface area contributed by atoms with Crippen molar-refractivity contribution in [2.24, 2.45) is 0 Å². The van der Waals surface area contributed by atoms with Crippen LogP contribution in [-0.4, -0.2) is 67.4 Å². The van der Waals surface area contributed by atoms with Crippen LogP contribution in [0.1, 0.15) is 0 Å². The van der Waals surface area contributed by atoms with Gasteiger partial charge in [0.2, 0.25) is 6.07 Å². The summed E-state index contributed by atoms with van der Waals surface area (Å²) in [7, 11) is 0. The zero-order chi connectivity index (χ0) is 7.44. The second-order valence-electron chi connectivity index (χ2n) is 1.07. The summed E-state index contributed by atoms with van der Waals surface area (Å²) in [5.41, 5.74) is 0. The molecule has 0 amide bonds. The first-order valence-electron chi connectivity index (χ1n) is 1.76. The second-order valence-corrected chi connectivity index (χ2v) is 1.07. The van der Waals surface area contributed by atoms with E-state index in [2.05, 4.69) is 0 Å². The fraction of sp³-hybridized carbons (Fsp3) is 0.500. The molecule has 0 aromatic rings. The number of nitriles is 1. The van der Waals surface area contributed by atoms with Gasteiger partial charge in [-0.1, -0.05) is 0 Å². The summed E-state index contributed by atoms with van der Waals surface area (Å²) in [6, 6.07) is 0.903. The van der Waals surface area contributed by atoms with Gasteiger partial charge in [-0.15, -0.1) is 0 Å². The standard InChI is InChI=1S/C2HN3O4.K/c3-1-2(4(6)7)5(8)9;/h2H;. The van der Waals surface area contributed by atoms with Gasteiger partial charge in [-0.3, -0.25) is 20.2 Å². The maximum atomic E-state index is 9.51. The van der Waals surface area contributed by atoms with Gasteiger partial charge in [-0.05, 0) is 0 Å². The fourth-order valence-electron chi connectivity index (χ4n) is 0.171. The van der Waals surface area contributed by atoms with E-state index in [-0.39, 0.29) is 51.4 Å². The Morgan fingerprint density at radius 3 is 1.60 bits per heavy atom. The largest absolute Gasteiger partial charge is 0.535 e. The summed E-state index contributed by atoms with van der Waals surface area (Å²) >= 11 is 0. The van der Waals surface area contributed by atoms with Crippen molar-refractivity contribution >= 4 is 51.4 Å². The molecule has 0 atom stereocenters. The van der Waals surface area contributed by atoms with Crippen molar-refractivity contribution in [3.63, 3.8) is 0 Å². The molecule has 0 bridgehead atoms. The van der Waals surface area contributed by atoms with Gasteiger partial charge >= 0.3 is 6.17 Å². The summed E-state index contributed by atoms with van der Waals surface area (Å²) in [4.78, 5) is 16.5. The molecule has 0 aliphatic rings. The van der Waals surface area contributed by atoms with Crippen LogP contribution in [0.15, 0.2) is 0 Å². The molecular weight excluding hydrogens is 169 g/mol. The van der Waals surface area contributed by atoms with Gasteiger partial charge in [-0.2, -0.15) is 5.26 Å². The van der Waals surface area contributed by atoms with E-state index in [9.17, 15) is 20.2 Å². The van der Waals surface area contributed by atoms with Crippen molar-refractivity contribution < 1.29 is 9.85 Å². The number of nitrogens with zero attached hydrogens (tertiary/aromatic N) is 3. The molecule has 0 unspecified atom stereocenters. The van der Waals surface area contributed by atoms with Crippen LogP contribution in [0.25, 0.3) is 0 Å². The Bertz CT molecular complexity index is 171. The van der Waals surface area contributed by atoms with E-state index in [4.69, 9.17) is 5.26 Å². The zero-order valence-electron chi connectivity index (χ0n) is 5.05. The minimum absolute atomic E-state index is 0. The Labute approximate surface area is 97.7 Å². The SMILES string of the molecule is N#CC([N+](=O)[O-])[N+](=O)[O-].[K]. The number of hydrogen-bond donors (Lipinski definition) is 0. The zero-order valence-corrected chi connectivity index (χ0v) is 8.18. The van der Waals surface area contributed by atoms with E-state index in [1.807, 2.05) is 0 Å². The topological polar surface area (TPSA) is 110 Å². The van der Waals surface area contributed by atoms with E-state index >= 15 is 0 Å². The van der Waals surface area contributed by atoms with Crippen molar-refractivity contribution in [1.82, 2.24) is 0 Å². The molecule has 0 aliphatic heterocycles. The Hall–Kier alpha value is -0.0736. The molecule has 0 N–H and O–H groups in total. The maximum Gasteiger partial charge on any atom is 0.535 e. The Kier molecular flexibility index (Phi) is 7.17. The third kappa shape index (κ3) is 3.86. The molecule has 0 aromatic carbocycles. The average Bonchev–Trinajstić information content (AvgIpc) is 1.64. The third-order valence-electron chi connectivity index (χ3n) is 0.515. The molecular formula is C2HKN3O4. The minimum atomic E-state index is -2.33. The Morgan fingerprint density at radius 2 is 1.60 bits per heavy atom. The Morgan fingerprint density at radius 1 is 1.30 bits per heavy atom. The first kappa shape index (κ1) is 12.6. The third-order valence-corrected chi connectivity index (χ3v) is 0.515.